The van der Waals surface area contributed by atoms with Gasteiger partial charge in [0.25, 0.3) is 0 Å². The molecule has 94 valence electrons. The summed E-state index contributed by atoms with van der Waals surface area (Å²) in [5.74, 6) is -2.51. The Balaban J connectivity index is 2.65. The number of aliphatic carboxylic acids is 1. The zero-order valence-corrected chi connectivity index (χ0v) is 9.15. The van der Waals surface area contributed by atoms with E-state index in [4.69, 9.17) is 9.84 Å². The van der Waals surface area contributed by atoms with Gasteiger partial charge in [-0.1, -0.05) is 12.1 Å². The summed E-state index contributed by atoms with van der Waals surface area (Å²) >= 11 is 0. The van der Waals surface area contributed by atoms with Crippen LogP contribution >= 0.6 is 0 Å². The molecule has 0 aliphatic heterocycles. The average Bonchev–Trinajstić information content (AvgIpc) is 2.27. The SMILES string of the molecule is COCCc1ccc(OC(F)(F)C(=O)O)cc1. The number of ether oxygens (including phenoxy) is 2. The molecule has 0 aliphatic carbocycles. The molecule has 0 aromatic heterocycles. The number of benzene rings is 1. The zero-order valence-electron chi connectivity index (χ0n) is 9.15. The van der Waals surface area contributed by atoms with Crippen molar-refractivity contribution in [3.63, 3.8) is 0 Å². The Bertz CT molecular complexity index is 376. The molecule has 0 amide bonds. The summed E-state index contributed by atoms with van der Waals surface area (Å²) in [6.45, 7) is 0.519. The summed E-state index contributed by atoms with van der Waals surface area (Å²) < 4.78 is 34.3. The first kappa shape index (κ1) is 13.4. The number of carboxylic acid groups (broad SMARTS) is 1. The number of carbonyl (C=O) groups is 1. The number of hydrogen-bond donors (Lipinski definition) is 1. The summed E-state index contributed by atoms with van der Waals surface area (Å²) in [5, 5.41) is 8.18. The van der Waals surface area contributed by atoms with Gasteiger partial charge in [0.05, 0.1) is 6.61 Å². The van der Waals surface area contributed by atoms with E-state index in [9.17, 15) is 13.6 Å². The first-order valence-corrected chi connectivity index (χ1v) is 4.84. The smallest absolute Gasteiger partial charge is 0.474 e. The fourth-order valence-corrected chi connectivity index (χ4v) is 1.14. The topological polar surface area (TPSA) is 55.8 Å². The molecule has 1 aromatic carbocycles. The van der Waals surface area contributed by atoms with Crippen LogP contribution in [0.5, 0.6) is 5.75 Å². The molecule has 17 heavy (non-hydrogen) atoms. The molecule has 0 atom stereocenters. The summed E-state index contributed by atoms with van der Waals surface area (Å²) in [6, 6.07) is 5.74. The lowest BCUT2D eigenvalue weighted by molar-refractivity contribution is -0.210. The second kappa shape index (κ2) is 5.58. The van der Waals surface area contributed by atoms with Crippen LogP contribution in [0.1, 0.15) is 5.56 Å². The Morgan fingerprint density at radius 3 is 2.41 bits per heavy atom. The lowest BCUT2D eigenvalue weighted by Crippen LogP contribution is -2.34. The van der Waals surface area contributed by atoms with Crippen molar-refractivity contribution in [2.75, 3.05) is 13.7 Å². The molecule has 0 bridgehead atoms. The highest BCUT2D eigenvalue weighted by atomic mass is 19.3. The van der Waals surface area contributed by atoms with Crippen molar-refractivity contribution in [3.8, 4) is 5.75 Å². The highest BCUT2D eigenvalue weighted by molar-refractivity contribution is 5.73. The van der Waals surface area contributed by atoms with Crippen molar-refractivity contribution in [1.82, 2.24) is 0 Å². The Kier molecular flexibility index (Phi) is 4.39. The quantitative estimate of drug-likeness (QED) is 0.833. The van der Waals surface area contributed by atoms with Crippen LogP contribution in [0.3, 0.4) is 0 Å². The van der Waals surface area contributed by atoms with Crippen LogP contribution in [0, 0.1) is 0 Å². The van der Waals surface area contributed by atoms with E-state index in [0.29, 0.717) is 13.0 Å². The number of carboxylic acids is 1. The summed E-state index contributed by atoms with van der Waals surface area (Å²) in [5.41, 5.74) is 0.887. The largest absolute Gasteiger partial charge is 0.501 e. The first-order valence-electron chi connectivity index (χ1n) is 4.84. The molecule has 0 spiro atoms. The minimum Gasteiger partial charge on any atom is -0.474 e. The van der Waals surface area contributed by atoms with Crippen molar-refractivity contribution in [3.05, 3.63) is 29.8 Å². The third kappa shape index (κ3) is 3.99. The van der Waals surface area contributed by atoms with Gasteiger partial charge in [0.1, 0.15) is 5.75 Å². The second-order valence-corrected chi connectivity index (χ2v) is 3.31. The molecule has 0 heterocycles. The van der Waals surface area contributed by atoms with Crippen molar-refractivity contribution in [1.29, 1.82) is 0 Å². The van der Waals surface area contributed by atoms with E-state index in [0.717, 1.165) is 5.56 Å². The van der Waals surface area contributed by atoms with Gasteiger partial charge >= 0.3 is 12.1 Å². The molecule has 1 rings (SSSR count). The van der Waals surface area contributed by atoms with Crippen LogP contribution in [0.15, 0.2) is 24.3 Å². The standard InChI is InChI=1S/C11H12F2O4/c1-16-7-6-8-2-4-9(5-3-8)17-11(12,13)10(14)15/h2-5H,6-7H2,1H3,(H,14,15). The van der Waals surface area contributed by atoms with Crippen LogP contribution in [0.4, 0.5) is 8.78 Å². The molecule has 0 saturated carbocycles. The third-order valence-electron chi connectivity index (χ3n) is 2.01. The van der Waals surface area contributed by atoms with Gasteiger partial charge in [-0.2, -0.15) is 8.78 Å². The fraction of sp³-hybridized carbons (Fsp3) is 0.364. The van der Waals surface area contributed by atoms with Gasteiger partial charge in [0.2, 0.25) is 0 Å². The van der Waals surface area contributed by atoms with Gasteiger partial charge in [-0.05, 0) is 24.1 Å². The minimum absolute atomic E-state index is 0.196. The monoisotopic (exact) mass is 246 g/mol. The van der Waals surface area contributed by atoms with Crippen molar-refractivity contribution in [2.45, 2.75) is 12.5 Å². The molecular weight excluding hydrogens is 234 g/mol. The second-order valence-electron chi connectivity index (χ2n) is 3.31. The lowest BCUT2D eigenvalue weighted by Gasteiger charge is -2.13. The van der Waals surface area contributed by atoms with Crippen molar-refractivity contribution in [2.24, 2.45) is 0 Å². The summed E-state index contributed by atoms with van der Waals surface area (Å²) in [6.07, 6.45) is -3.57. The number of halogens is 2. The van der Waals surface area contributed by atoms with Gasteiger partial charge in [-0.3, -0.25) is 0 Å². The third-order valence-corrected chi connectivity index (χ3v) is 2.01. The molecule has 0 unspecified atom stereocenters. The Hall–Kier alpha value is -1.69. The van der Waals surface area contributed by atoms with Crippen LogP contribution in [-0.2, 0) is 16.0 Å². The fourth-order valence-electron chi connectivity index (χ4n) is 1.14. The van der Waals surface area contributed by atoms with Gasteiger partial charge in [-0.15, -0.1) is 0 Å². The van der Waals surface area contributed by atoms with Crippen LogP contribution in [0.25, 0.3) is 0 Å². The molecule has 0 saturated heterocycles. The Labute approximate surface area is 96.8 Å². The molecule has 1 aromatic rings. The highest BCUT2D eigenvalue weighted by Gasteiger charge is 2.42. The van der Waals surface area contributed by atoms with Gasteiger partial charge in [0, 0.05) is 7.11 Å². The van der Waals surface area contributed by atoms with E-state index in [2.05, 4.69) is 4.74 Å². The van der Waals surface area contributed by atoms with Gasteiger partial charge in [-0.25, -0.2) is 4.79 Å². The highest BCUT2D eigenvalue weighted by Crippen LogP contribution is 2.22. The van der Waals surface area contributed by atoms with E-state index < -0.39 is 12.1 Å². The number of hydrogen-bond acceptors (Lipinski definition) is 3. The van der Waals surface area contributed by atoms with Crippen LogP contribution < -0.4 is 4.74 Å². The maximum atomic E-state index is 12.7. The molecule has 4 nitrogen and oxygen atoms in total. The maximum Gasteiger partial charge on any atom is 0.501 e. The first-order chi connectivity index (χ1) is 7.95. The average molecular weight is 246 g/mol. The normalized spacial score (nSPS) is 11.2. The lowest BCUT2D eigenvalue weighted by atomic mass is 10.1. The molecule has 6 heteroatoms. The number of rotatable bonds is 6. The molecule has 0 radical (unpaired) electrons. The molecular formula is C11H12F2O4. The maximum absolute atomic E-state index is 12.7. The molecule has 1 N–H and O–H groups in total. The Morgan fingerprint density at radius 2 is 1.94 bits per heavy atom. The van der Waals surface area contributed by atoms with E-state index in [1.807, 2.05) is 0 Å². The predicted octanol–water partition coefficient (Wildman–Crippen LogP) is 1.93. The van der Waals surface area contributed by atoms with Crippen LogP contribution in [0.2, 0.25) is 0 Å². The van der Waals surface area contributed by atoms with E-state index >= 15 is 0 Å². The number of alkyl halides is 2. The van der Waals surface area contributed by atoms with Crippen molar-refractivity contribution >= 4 is 5.97 Å². The van der Waals surface area contributed by atoms with Crippen molar-refractivity contribution < 1.29 is 28.2 Å². The molecule has 0 fully saturated rings. The predicted molar refractivity (Wildman–Crippen MR) is 55.2 cm³/mol. The van der Waals surface area contributed by atoms with Gasteiger partial charge < -0.3 is 14.6 Å². The van der Waals surface area contributed by atoms with E-state index in [-0.39, 0.29) is 5.75 Å². The van der Waals surface area contributed by atoms with Gasteiger partial charge in [0.15, 0.2) is 0 Å². The molecule has 0 aliphatic rings. The summed E-state index contributed by atoms with van der Waals surface area (Å²) in [7, 11) is 1.56. The minimum atomic E-state index is -4.21. The summed E-state index contributed by atoms with van der Waals surface area (Å²) in [4.78, 5) is 10.1. The van der Waals surface area contributed by atoms with Crippen LogP contribution in [-0.4, -0.2) is 30.9 Å². The number of methoxy groups -OCH3 is 1. The Morgan fingerprint density at radius 1 is 1.35 bits per heavy atom. The zero-order chi connectivity index (χ0) is 12.9. The van der Waals surface area contributed by atoms with E-state index in [1.54, 1.807) is 19.2 Å². The van der Waals surface area contributed by atoms with E-state index in [1.165, 1.54) is 12.1 Å².